The van der Waals surface area contributed by atoms with Crippen LogP contribution in [-0.2, 0) is 4.74 Å². The summed E-state index contributed by atoms with van der Waals surface area (Å²) >= 11 is 0. The maximum absolute atomic E-state index is 5.13. The van der Waals surface area contributed by atoms with Gasteiger partial charge in [0.2, 0.25) is 0 Å². The van der Waals surface area contributed by atoms with Crippen molar-refractivity contribution >= 4 is 32.6 Å². The van der Waals surface area contributed by atoms with Gasteiger partial charge in [-0.3, -0.25) is 0 Å². The van der Waals surface area contributed by atoms with Crippen LogP contribution in [0.2, 0.25) is 58.9 Å². The summed E-state index contributed by atoms with van der Waals surface area (Å²) < 4.78 is 8.04. The van der Waals surface area contributed by atoms with Crippen LogP contribution in [0.25, 0.3) is 0 Å². The number of nitrogens with zero attached hydrogens (tertiary/aromatic N) is 1. The predicted molar refractivity (Wildman–Crippen MR) is 103 cm³/mol. The lowest BCUT2D eigenvalue weighted by Crippen LogP contribution is -2.56. The normalized spacial score (nSPS) is 14.9. The molecule has 0 spiro atoms. The van der Waals surface area contributed by atoms with E-state index in [4.69, 9.17) is 4.74 Å². The standard InChI is InChI=1S/C14H34NOPSi3/c1-16-12-11-13-17(14-18(2,3)4)15(19(5,6)7)20(8,9)10/h12,14H2,1-10H3. The van der Waals surface area contributed by atoms with Crippen LogP contribution in [0.5, 0.6) is 0 Å². The molecule has 0 aromatic carbocycles. The minimum absolute atomic E-state index is 0.322. The van der Waals surface area contributed by atoms with E-state index in [0.29, 0.717) is 6.61 Å². The molecule has 0 aromatic rings. The van der Waals surface area contributed by atoms with Gasteiger partial charge in [0.25, 0.3) is 0 Å². The van der Waals surface area contributed by atoms with Crippen molar-refractivity contribution in [2.24, 2.45) is 0 Å². The Morgan fingerprint density at radius 2 is 1.35 bits per heavy atom. The summed E-state index contributed by atoms with van der Waals surface area (Å²) in [5, 5.41) is 0. The molecule has 1 atom stereocenters. The number of hydrogen-bond donors (Lipinski definition) is 0. The molecule has 0 aliphatic rings. The quantitative estimate of drug-likeness (QED) is 0.387. The molecular formula is C14H34NOPSi3. The van der Waals surface area contributed by atoms with Gasteiger partial charge in [-0.25, -0.2) is 0 Å². The second-order valence-electron chi connectivity index (χ2n) is 8.49. The van der Waals surface area contributed by atoms with Gasteiger partial charge in [-0.05, 0) is 5.79 Å². The van der Waals surface area contributed by atoms with Gasteiger partial charge in [-0.2, -0.15) is 0 Å². The third-order valence-electron chi connectivity index (χ3n) is 2.56. The lowest BCUT2D eigenvalue weighted by Gasteiger charge is -2.47. The van der Waals surface area contributed by atoms with Gasteiger partial charge in [-0.15, -0.1) is 0 Å². The fraction of sp³-hybridized carbons (Fsp3) is 0.857. The van der Waals surface area contributed by atoms with Crippen LogP contribution in [0.4, 0.5) is 0 Å². The fourth-order valence-corrected chi connectivity index (χ4v) is 22.8. The zero-order valence-corrected chi connectivity index (χ0v) is 19.1. The third kappa shape index (κ3) is 8.11. The summed E-state index contributed by atoms with van der Waals surface area (Å²) in [6.07, 6.45) is 0. The highest BCUT2D eigenvalue weighted by Crippen LogP contribution is 2.48. The van der Waals surface area contributed by atoms with Crippen LogP contribution in [0.3, 0.4) is 0 Å². The summed E-state index contributed by atoms with van der Waals surface area (Å²) in [5.41, 5.74) is 3.61. The van der Waals surface area contributed by atoms with E-state index in [9.17, 15) is 0 Å². The van der Waals surface area contributed by atoms with Gasteiger partial charge in [0.15, 0.2) is 0 Å². The smallest absolute Gasteiger partial charge is 0.116 e. The average Bonchev–Trinajstić information content (AvgIpc) is 2.10. The molecule has 0 bridgehead atoms. The van der Waals surface area contributed by atoms with E-state index in [0.717, 1.165) is 0 Å². The van der Waals surface area contributed by atoms with Crippen LogP contribution < -0.4 is 0 Å². The molecule has 0 aliphatic carbocycles. The SMILES string of the molecule is COCC#CP(C[Si](C)(C)C)N([Si](C)(C)C)[Si](C)(C)C. The zero-order chi connectivity index (χ0) is 16.2. The molecule has 0 aromatic heterocycles. The van der Waals surface area contributed by atoms with Crippen molar-refractivity contribution in [1.29, 1.82) is 0 Å². The first kappa shape index (κ1) is 20.6. The molecule has 6 heteroatoms. The second-order valence-corrected chi connectivity index (χ2v) is 27.1. The van der Waals surface area contributed by atoms with E-state index in [1.807, 2.05) is 0 Å². The summed E-state index contributed by atoms with van der Waals surface area (Å²) in [4.78, 5) is 0. The van der Waals surface area contributed by atoms with Crippen LogP contribution in [0.15, 0.2) is 0 Å². The highest BCUT2D eigenvalue weighted by Gasteiger charge is 2.40. The van der Waals surface area contributed by atoms with Crippen molar-refractivity contribution in [3.05, 3.63) is 0 Å². The first-order valence-corrected chi connectivity index (χ1v) is 19.4. The molecule has 0 aliphatic heterocycles. The summed E-state index contributed by atoms with van der Waals surface area (Å²) in [5.74, 6) is 4.59. The maximum Gasteiger partial charge on any atom is 0.116 e. The Labute approximate surface area is 131 Å². The average molecular weight is 348 g/mol. The first-order chi connectivity index (χ1) is 8.79. The molecule has 20 heavy (non-hydrogen) atoms. The highest BCUT2D eigenvalue weighted by atomic mass is 31.1. The molecule has 0 amide bonds. The summed E-state index contributed by atoms with van der Waals surface area (Å²) in [6.45, 7) is 22.8. The lowest BCUT2D eigenvalue weighted by atomic mass is 10.8. The van der Waals surface area contributed by atoms with E-state index in [1.54, 1.807) is 7.11 Å². The third-order valence-corrected chi connectivity index (χ3v) is 20.1. The van der Waals surface area contributed by atoms with Crippen LogP contribution in [-0.4, -0.2) is 48.0 Å². The highest BCUT2D eigenvalue weighted by molar-refractivity contribution is 7.67. The summed E-state index contributed by atoms with van der Waals surface area (Å²) in [7, 11) is -2.39. The molecule has 0 saturated carbocycles. The molecule has 0 N–H and O–H groups in total. The van der Waals surface area contributed by atoms with Gasteiger partial charge >= 0.3 is 0 Å². The Hall–Kier alpha value is 0.561. The van der Waals surface area contributed by atoms with E-state index in [1.165, 1.54) is 5.79 Å². The molecular weight excluding hydrogens is 313 g/mol. The fourth-order valence-electron chi connectivity index (χ4n) is 2.54. The minimum atomic E-state index is -1.34. The van der Waals surface area contributed by atoms with Crippen LogP contribution >= 0.6 is 8.07 Å². The molecule has 118 valence electrons. The lowest BCUT2D eigenvalue weighted by molar-refractivity contribution is 0.240. The minimum Gasteiger partial charge on any atom is -0.372 e. The van der Waals surface area contributed by atoms with E-state index >= 15 is 0 Å². The molecule has 0 fully saturated rings. The van der Waals surface area contributed by atoms with Crippen molar-refractivity contribution in [2.45, 2.75) is 58.9 Å². The monoisotopic (exact) mass is 347 g/mol. The second kappa shape index (κ2) is 7.71. The Balaban J connectivity index is 5.50. The van der Waals surface area contributed by atoms with Gasteiger partial charge < -0.3 is 8.74 Å². The van der Waals surface area contributed by atoms with E-state index < -0.39 is 24.5 Å². The van der Waals surface area contributed by atoms with E-state index in [-0.39, 0.29) is 8.07 Å². The van der Waals surface area contributed by atoms with Crippen molar-refractivity contribution in [3.8, 4) is 11.6 Å². The van der Waals surface area contributed by atoms with Crippen LogP contribution in [0, 0.1) is 11.6 Å². The van der Waals surface area contributed by atoms with Gasteiger partial charge in [0.05, 0.1) is 8.07 Å². The zero-order valence-electron chi connectivity index (χ0n) is 15.2. The molecule has 0 saturated heterocycles. The number of methoxy groups -OCH3 is 1. The maximum atomic E-state index is 5.13. The summed E-state index contributed by atoms with van der Waals surface area (Å²) in [6, 6.07) is 0. The molecule has 0 radical (unpaired) electrons. The van der Waals surface area contributed by atoms with E-state index in [2.05, 4.69) is 74.5 Å². The number of rotatable bonds is 6. The van der Waals surface area contributed by atoms with Crippen molar-refractivity contribution in [3.63, 3.8) is 0 Å². The van der Waals surface area contributed by atoms with Crippen molar-refractivity contribution in [2.75, 3.05) is 19.5 Å². The first-order valence-electron chi connectivity index (χ1n) is 7.34. The number of hydrogen-bond acceptors (Lipinski definition) is 2. The van der Waals surface area contributed by atoms with Crippen LogP contribution in [0.1, 0.15) is 0 Å². The molecule has 0 rings (SSSR count). The Morgan fingerprint density at radius 1 is 0.900 bits per heavy atom. The molecule has 0 heterocycles. The van der Waals surface area contributed by atoms with Gasteiger partial charge in [0.1, 0.15) is 23.1 Å². The topological polar surface area (TPSA) is 12.5 Å². The Morgan fingerprint density at radius 3 is 1.65 bits per heavy atom. The molecule has 1 unspecified atom stereocenters. The van der Waals surface area contributed by atoms with Gasteiger partial charge in [-0.1, -0.05) is 70.5 Å². The largest absolute Gasteiger partial charge is 0.372 e. The molecule has 2 nitrogen and oxygen atoms in total. The Bertz CT molecular complexity index is 344. The van der Waals surface area contributed by atoms with Crippen molar-refractivity contribution < 1.29 is 4.74 Å². The van der Waals surface area contributed by atoms with Gasteiger partial charge in [0, 0.05) is 15.2 Å². The Kier molecular flexibility index (Phi) is 7.93. The number of ether oxygens (including phenoxy) is 1. The van der Waals surface area contributed by atoms with Crippen molar-refractivity contribution in [1.82, 2.24) is 4.00 Å². The predicted octanol–water partition coefficient (Wildman–Crippen LogP) is 4.84.